The first kappa shape index (κ1) is 14.6. The lowest BCUT2D eigenvalue weighted by atomic mass is 10.2. The molecule has 0 unspecified atom stereocenters. The number of nitrogens with zero attached hydrogens (tertiary/aromatic N) is 5. The van der Waals surface area contributed by atoms with Gasteiger partial charge in [-0.2, -0.15) is 9.61 Å². The molecule has 4 aromatic rings. The van der Waals surface area contributed by atoms with Gasteiger partial charge in [-0.3, -0.25) is 0 Å². The second-order valence-corrected chi connectivity index (χ2v) is 6.44. The largest absolute Gasteiger partial charge is 0.465 e. The van der Waals surface area contributed by atoms with Crippen LogP contribution in [-0.4, -0.2) is 33.9 Å². The van der Waals surface area contributed by atoms with E-state index in [0.717, 1.165) is 32.8 Å². The van der Waals surface area contributed by atoms with Gasteiger partial charge in [0.25, 0.3) is 0 Å². The maximum Gasteiger partial charge on any atom is 0.235 e. The van der Waals surface area contributed by atoms with Crippen molar-refractivity contribution in [2.45, 2.75) is 0 Å². The van der Waals surface area contributed by atoms with E-state index in [2.05, 4.69) is 32.3 Å². The van der Waals surface area contributed by atoms with Crippen LogP contribution >= 0.6 is 11.3 Å². The lowest BCUT2D eigenvalue weighted by Gasteiger charge is -2.11. The highest BCUT2D eigenvalue weighted by Gasteiger charge is 2.12. The zero-order valence-corrected chi connectivity index (χ0v) is 14.1. The fourth-order valence-electron chi connectivity index (χ4n) is 2.33. The number of anilines is 1. The highest BCUT2D eigenvalue weighted by molar-refractivity contribution is 7.17. The van der Waals surface area contributed by atoms with Crippen molar-refractivity contribution in [2.75, 3.05) is 19.0 Å². The third-order valence-electron chi connectivity index (χ3n) is 3.58. The van der Waals surface area contributed by atoms with E-state index < -0.39 is 0 Å². The molecule has 1 aromatic carbocycles. The Kier molecular flexibility index (Phi) is 3.62. The van der Waals surface area contributed by atoms with Gasteiger partial charge >= 0.3 is 0 Å². The number of benzene rings is 1. The average Bonchev–Trinajstić information content (AvgIpc) is 3.30. The molecule has 0 radical (unpaired) electrons. The van der Waals surface area contributed by atoms with Crippen LogP contribution in [0.2, 0.25) is 0 Å². The van der Waals surface area contributed by atoms with E-state index in [9.17, 15) is 0 Å². The van der Waals surface area contributed by atoms with Crippen LogP contribution in [0.3, 0.4) is 0 Å². The molecule has 0 saturated carbocycles. The van der Waals surface area contributed by atoms with Gasteiger partial charge in [0, 0.05) is 25.3 Å². The maximum absolute atomic E-state index is 5.29. The molecule has 0 spiro atoms. The summed E-state index contributed by atoms with van der Waals surface area (Å²) in [7, 11) is 4.03. The number of rotatable bonds is 4. The zero-order valence-electron chi connectivity index (χ0n) is 13.2. The quantitative estimate of drug-likeness (QED) is 0.568. The van der Waals surface area contributed by atoms with Crippen LogP contribution in [0.1, 0.15) is 10.8 Å². The molecule has 3 heterocycles. The Morgan fingerprint density at radius 1 is 1.08 bits per heavy atom. The highest BCUT2D eigenvalue weighted by atomic mass is 32.1. The van der Waals surface area contributed by atoms with E-state index >= 15 is 0 Å². The first-order valence-corrected chi connectivity index (χ1v) is 8.24. The number of aromatic nitrogens is 4. The van der Waals surface area contributed by atoms with E-state index in [0.29, 0.717) is 0 Å². The van der Waals surface area contributed by atoms with E-state index in [1.54, 1.807) is 10.8 Å². The third-order valence-corrected chi connectivity index (χ3v) is 4.45. The van der Waals surface area contributed by atoms with Crippen LogP contribution in [0.15, 0.2) is 47.1 Å². The minimum Gasteiger partial charge on any atom is -0.465 e. The molecule has 0 aliphatic rings. The topological polar surface area (TPSA) is 59.5 Å². The molecule has 0 aliphatic heterocycles. The van der Waals surface area contributed by atoms with Gasteiger partial charge in [0.15, 0.2) is 5.82 Å². The molecule has 7 heteroatoms. The van der Waals surface area contributed by atoms with Gasteiger partial charge < -0.3 is 9.32 Å². The van der Waals surface area contributed by atoms with Crippen molar-refractivity contribution in [1.82, 2.24) is 19.8 Å². The fraction of sp³-hybridized carbons (Fsp3) is 0.118. The third kappa shape index (κ3) is 2.69. The summed E-state index contributed by atoms with van der Waals surface area (Å²) in [4.78, 5) is 2.82. The summed E-state index contributed by atoms with van der Waals surface area (Å²) in [5, 5.41) is 13.9. The first-order valence-electron chi connectivity index (χ1n) is 7.42. The molecule has 0 fully saturated rings. The number of fused-ring (bicyclic) bond motifs is 1. The van der Waals surface area contributed by atoms with Gasteiger partial charge in [0.05, 0.1) is 6.26 Å². The molecule has 3 aromatic heterocycles. The minimum absolute atomic E-state index is 0.740. The molecule has 0 bridgehead atoms. The van der Waals surface area contributed by atoms with Crippen molar-refractivity contribution in [1.29, 1.82) is 0 Å². The van der Waals surface area contributed by atoms with Crippen molar-refractivity contribution in [3.63, 3.8) is 0 Å². The van der Waals surface area contributed by atoms with E-state index in [1.807, 2.05) is 50.5 Å². The molecule has 4 rings (SSSR count). The average molecular weight is 337 g/mol. The lowest BCUT2D eigenvalue weighted by Crippen LogP contribution is -2.08. The van der Waals surface area contributed by atoms with Gasteiger partial charge in [0.1, 0.15) is 10.8 Å². The standard InChI is InChI=1S/C17H15N5OS/c1-21(2)13-7-5-12(6-8-13)16-18-19-17-22(16)20-15(24-17)10-9-14-4-3-11-23-14/h3-11H,1-2H3/b10-9-. The molecule has 120 valence electrons. The van der Waals surface area contributed by atoms with Gasteiger partial charge in [-0.05, 0) is 48.6 Å². The van der Waals surface area contributed by atoms with E-state index in [1.165, 1.54) is 11.3 Å². The Balaban J connectivity index is 1.67. The van der Waals surface area contributed by atoms with Crippen molar-refractivity contribution >= 4 is 34.1 Å². The van der Waals surface area contributed by atoms with Crippen LogP contribution in [0, 0.1) is 0 Å². The monoisotopic (exact) mass is 337 g/mol. The predicted molar refractivity (Wildman–Crippen MR) is 96.1 cm³/mol. The number of hydrogen-bond donors (Lipinski definition) is 0. The number of hydrogen-bond acceptors (Lipinski definition) is 6. The first-order chi connectivity index (χ1) is 11.7. The Bertz CT molecular complexity index is 980. The molecule has 0 N–H and O–H groups in total. The summed E-state index contributed by atoms with van der Waals surface area (Å²) in [6.07, 6.45) is 5.45. The van der Waals surface area contributed by atoms with Crippen LogP contribution in [0.4, 0.5) is 5.69 Å². The molecular weight excluding hydrogens is 322 g/mol. The van der Waals surface area contributed by atoms with Crippen molar-refractivity contribution < 1.29 is 4.42 Å². The molecule has 0 aliphatic carbocycles. The summed E-state index contributed by atoms with van der Waals surface area (Å²) in [6, 6.07) is 11.9. The second-order valence-electron chi connectivity index (χ2n) is 5.45. The van der Waals surface area contributed by atoms with E-state index in [-0.39, 0.29) is 0 Å². The normalized spacial score (nSPS) is 11.6. The summed E-state index contributed by atoms with van der Waals surface area (Å²) in [6.45, 7) is 0. The van der Waals surface area contributed by atoms with Crippen molar-refractivity contribution in [3.05, 3.63) is 53.4 Å². The number of furan rings is 1. The SMILES string of the molecule is CN(C)c1ccc(-c2nnc3sc(/C=C\c4ccco4)nn23)cc1. The summed E-state index contributed by atoms with van der Waals surface area (Å²) in [5.41, 5.74) is 2.12. The Morgan fingerprint density at radius 2 is 1.92 bits per heavy atom. The van der Waals surface area contributed by atoms with Crippen LogP contribution in [-0.2, 0) is 0 Å². The minimum atomic E-state index is 0.740. The van der Waals surface area contributed by atoms with Crippen LogP contribution in [0.5, 0.6) is 0 Å². The van der Waals surface area contributed by atoms with Gasteiger partial charge in [0.2, 0.25) is 4.96 Å². The maximum atomic E-state index is 5.29. The van der Waals surface area contributed by atoms with Crippen LogP contribution < -0.4 is 4.90 Å². The highest BCUT2D eigenvalue weighted by Crippen LogP contribution is 2.24. The van der Waals surface area contributed by atoms with Crippen LogP contribution in [0.25, 0.3) is 28.5 Å². The van der Waals surface area contributed by atoms with Crippen molar-refractivity contribution in [3.8, 4) is 11.4 Å². The zero-order chi connectivity index (χ0) is 16.5. The molecule has 6 nitrogen and oxygen atoms in total. The fourth-order valence-corrected chi connectivity index (χ4v) is 3.07. The smallest absolute Gasteiger partial charge is 0.235 e. The molecule has 24 heavy (non-hydrogen) atoms. The Hall–Kier alpha value is -2.93. The Labute approximate surface area is 142 Å². The van der Waals surface area contributed by atoms with Gasteiger partial charge in [-0.25, -0.2) is 0 Å². The summed E-state index contributed by atoms with van der Waals surface area (Å²) >= 11 is 1.48. The van der Waals surface area contributed by atoms with E-state index in [4.69, 9.17) is 4.42 Å². The molecular formula is C17H15N5OS. The molecule has 0 amide bonds. The van der Waals surface area contributed by atoms with Gasteiger partial charge in [-0.15, -0.1) is 10.2 Å². The lowest BCUT2D eigenvalue weighted by molar-refractivity contribution is 0.557. The molecule has 0 atom stereocenters. The van der Waals surface area contributed by atoms with Crippen molar-refractivity contribution in [2.24, 2.45) is 0 Å². The predicted octanol–water partition coefficient (Wildman–Crippen LogP) is 3.68. The summed E-state index contributed by atoms with van der Waals surface area (Å²) < 4.78 is 7.06. The second kappa shape index (κ2) is 5.93. The molecule has 0 saturated heterocycles. The van der Waals surface area contributed by atoms with Gasteiger partial charge in [-0.1, -0.05) is 11.3 Å². The Morgan fingerprint density at radius 3 is 2.62 bits per heavy atom. The summed E-state index contributed by atoms with van der Waals surface area (Å²) in [5.74, 6) is 1.53.